The first-order chi connectivity index (χ1) is 8.19. The molecule has 88 valence electrons. The van der Waals surface area contributed by atoms with Crippen LogP contribution in [0, 0.1) is 6.92 Å². The number of aryl methyl sites for hydroxylation is 1. The molecule has 4 nitrogen and oxygen atoms in total. The van der Waals surface area contributed by atoms with Gasteiger partial charge in [0.05, 0.1) is 7.11 Å². The minimum absolute atomic E-state index is 0.489. The summed E-state index contributed by atoms with van der Waals surface area (Å²) in [5.41, 5.74) is 1.01. The second kappa shape index (κ2) is 5.14. The van der Waals surface area contributed by atoms with Gasteiger partial charge in [-0.05, 0) is 34.5 Å². The summed E-state index contributed by atoms with van der Waals surface area (Å²) in [5, 5.41) is 0. The molecule has 2 aromatic rings. The smallest absolute Gasteiger partial charge is 0.223 e. The fraction of sp³-hybridized carbons (Fsp3) is 0.167. The average molecular weight is 295 g/mol. The average Bonchev–Trinajstić information content (AvgIpc) is 2.32. The normalized spacial score (nSPS) is 10.1. The molecule has 1 aromatic carbocycles. The van der Waals surface area contributed by atoms with Crippen molar-refractivity contribution in [2.45, 2.75) is 6.92 Å². The summed E-state index contributed by atoms with van der Waals surface area (Å²) in [5.74, 6) is 1.96. The summed E-state index contributed by atoms with van der Waals surface area (Å²) in [6.45, 7) is 1.96. The second-order valence-corrected chi connectivity index (χ2v) is 4.22. The highest BCUT2D eigenvalue weighted by atomic mass is 79.9. The van der Waals surface area contributed by atoms with Crippen LogP contribution in [0.1, 0.15) is 5.56 Å². The Hall–Kier alpha value is -1.62. The molecule has 0 aliphatic rings. The lowest BCUT2D eigenvalue weighted by Crippen LogP contribution is -1.92. The van der Waals surface area contributed by atoms with Gasteiger partial charge in [0.2, 0.25) is 5.88 Å². The first-order valence-electron chi connectivity index (χ1n) is 4.99. The van der Waals surface area contributed by atoms with E-state index in [1.807, 2.05) is 25.1 Å². The van der Waals surface area contributed by atoms with Gasteiger partial charge in [-0.25, -0.2) is 9.97 Å². The molecule has 2 rings (SSSR count). The fourth-order valence-corrected chi connectivity index (χ4v) is 1.59. The van der Waals surface area contributed by atoms with Crippen molar-refractivity contribution in [3.05, 3.63) is 40.8 Å². The van der Waals surface area contributed by atoms with Crippen LogP contribution in [0.5, 0.6) is 17.4 Å². The van der Waals surface area contributed by atoms with Crippen LogP contribution >= 0.6 is 15.9 Å². The zero-order chi connectivity index (χ0) is 12.3. The van der Waals surface area contributed by atoms with Gasteiger partial charge in [0.25, 0.3) is 0 Å². The van der Waals surface area contributed by atoms with Crippen LogP contribution in [0.15, 0.2) is 35.2 Å². The van der Waals surface area contributed by atoms with Gasteiger partial charge < -0.3 is 9.47 Å². The van der Waals surface area contributed by atoms with Crippen molar-refractivity contribution in [1.82, 2.24) is 9.97 Å². The molecule has 0 saturated heterocycles. The Morgan fingerprint density at radius 2 is 2.00 bits per heavy atom. The van der Waals surface area contributed by atoms with Crippen LogP contribution in [0.25, 0.3) is 0 Å². The van der Waals surface area contributed by atoms with Crippen LogP contribution in [0.2, 0.25) is 0 Å². The first kappa shape index (κ1) is 11.9. The van der Waals surface area contributed by atoms with E-state index < -0.39 is 0 Å². The van der Waals surface area contributed by atoms with Gasteiger partial charge in [-0.3, -0.25) is 0 Å². The second-order valence-electron chi connectivity index (χ2n) is 3.41. The molecule has 0 aliphatic carbocycles. The molecule has 0 saturated carbocycles. The number of halogens is 1. The third kappa shape index (κ3) is 2.94. The predicted molar refractivity (Wildman–Crippen MR) is 67.5 cm³/mol. The number of aromatic nitrogens is 2. The van der Waals surface area contributed by atoms with E-state index in [1.54, 1.807) is 13.2 Å². The lowest BCUT2D eigenvalue weighted by molar-refractivity contribution is 0.406. The van der Waals surface area contributed by atoms with E-state index in [9.17, 15) is 0 Å². The SMILES string of the molecule is COc1ccc(C)c(Oc2cc(Br)ncn2)c1. The zero-order valence-corrected chi connectivity index (χ0v) is 11.1. The molecule has 0 bridgehead atoms. The Balaban J connectivity index is 2.29. The lowest BCUT2D eigenvalue weighted by Gasteiger charge is -2.09. The summed E-state index contributed by atoms with van der Waals surface area (Å²) in [6.07, 6.45) is 1.44. The van der Waals surface area contributed by atoms with E-state index in [2.05, 4.69) is 25.9 Å². The highest BCUT2D eigenvalue weighted by Crippen LogP contribution is 2.28. The monoisotopic (exact) mass is 294 g/mol. The maximum absolute atomic E-state index is 5.67. The summed E-state index contributed by atoms with van der Waals surface area (Å²) >= 11 is 3.27. The van der Waals surface area contributed by atoms with E-state index in [0.29, 0.717) is 10.5 Å². The van der Waals surface area contributed by atoms with Crippen molar-refractivity contribution in [2.75, 3.05) is 7.11 Å². The Morgan fingerprint density at radius 3 is 2.71 bits per heavy atom. The Kier molecular flexibility index (Phi) is 3.58. The molecule has 0 atom stereocenters. The first-order valence-corrected chi connectivity index (χ1v) is 5.78. The summed E-state index contributed by atoms with van der Waals surface area (Å²) < 4.78 is 11.5. The van der Waals surface area contributed by atoms with Crippen molar-refractivity contribution < 1.29 is 9.47 Å². The van der Waals surface area contributed by atoms with Crippen LogP contribution in [0.4, 0.5) is 0 Å². The number of benzene rings is 1. The van der Waals surface area contributed by atoms with Crippen LogP contribution in [0.3, 0.4) is 0 Å². The Labute approximate surface area is 108 Å². The number of rotatable bonds is 3. The Morgan fingerprint density at radius 1 is 1.18 bits per heavy atom. The molecule has 0 unspecified atom stereocenters. The van der Waals surface area contributed by atoms with Crippen LogP contribution in [-0.4, -0.2) is 17.1 Å². The van der Waals surface area contributed by atoms with E-state index in [0.717, 1.165) is 17.1 Å². The van der Waals surface area contributed by atoms with Gasteiger partial charge in [0.15, 0.2) is 0 Å². The minimum Gasteiger partial charge on any atom is -0.497 e. The largest absolute Gasteiger partial charge is 0.497 e. The summed E-state index contributed by atoms with van der Waals surface area (Å²) in [7, 11) is 1.62. The van der Waals surface area contributed by atoms with Crippen molar-refractivity contribution in [3.63, 3.8) is 0 Å². The maximum atomic E-state index is 5.67. The highest BCUT2D eigenvalue weighted by molar-refractivity contribution is 9.10. The van der Waals surface area contributed by atoms with E-state index in [1.165, 1.54) is 6.33 Å². The van der Waals surface area contributed by atoms with Crippen molar-refractivity contribution in [3.8, 4) is 17.4 Å². The predicted octanol–water partition coefficient (Wildman–Crippen LogP) is 3.35. The highest BCUT2D eigenvalue weighted by Gasteiger charge is 2.05. The van der Waals surface area contributed by atoms with Gasteiger partial charge >= 0.3 is 0 Å². The van der Waals surface area contributed by atoms with Crippen molar-refractivity contribution >= 4 is 15.9 Å². The number of methoxy groups -OCH3 is 1. The number of ether oxygens (including phenoxy) is 2. The molecule has 0 fully saturated rings. The standard InChI is InChI=1S/C12H11BrN2O2/c1-8-3-4-9(16-2)5-10(8)17-12-6-11(13)14-7-15-12/h3-7H,1-2H3. The Bertz CT molecular complexity index is 532. The van der Waals surface area contributed by atoms with E-state index >= 15 is 0 Å². The van der Waals surface area contributed by atoms with Gasteiger partial charge in [-0.1, -0.05) is 6.07 Å². The molecule has 0 spiro atoms. The van der Waals surface area contributed by atoms with Crippen LogP contribution < -0.4 is 9.47 Å². The molecule has 17 heavy (non-hydrogen) atoms. The molecule has 5 heteroatoms. The molecule has 0 radical (unpaired) electrons. The van der Waals surface area contributed by atoms with Crippen LogP contribution in [-0.2, 0) is 0 Å². The molecule has 1 heterocycles. The molecule has 0 amide bonds. The number of hydrogen-bond donors (Lipinski definition) is 0. The molecular formula is C12H11BrN2O2. The lowest BCUT2D eigenvalue weighted by atomic mass is 10.2. The third-order valence-corrected chi connectivity index (χ3v) is 2.65. The van der Waals surface area contributed by atoms with Gasteiger partial charge in [-0.15, -0.1) is 0 Å². The third-order valence-electron chi connectivity index (χ3n) is 2.22. The van der Waals surface area contributed by atoms with Crippen molar-refractivity contribution in [2.24, 2.45) is 0 Å². The van der Waals surface area contributed by atoms with E-state index in [4.69, 9.17) is 9.47 Å². The fourth-order valence-electron chi connectivity index (χ4n) is 1.30. The van der Waals surface area contributed by atoms with E-state index in [-0.39, 0.29) is 0 Å². The topological polar surface area (TPSA) is 44.2 Å². The molecule has 1 aromatic heterocycles. The minimum atomic E-state index is 0.489. The summed E-state index contributed by atoms with van der Waals surface area (Å²) in [4.78, 5) is 7.97. The summed E-state index contributed by atoms with van der Waals surface area (Å²) in [6, 6.07) is 7.35. The quantitative estimate of drug-likeness (QED) is 0.815. The molecular weight excluding hydrogens is 284 g/mol. The number of hydrogen-bond acceptors (Lipinski definition) is 4. The molecule has 0 N–H and O–H groups in total. The van der Waals surface area contributed by atoms with Crippen molar-refractivity contribution in [1.29, 1.82) is 0 Å². The zero-order valence-electron chi connectivity index (χ0n) is 9.48. The van der Waals surface area contributed by atoms with Gasteiger partial charge in [0.1, 0.15) is 22.4 Å². The molecule has 0 aliphatic heterocycles. The van der Waals surface area contributed by atoms with Gasteiger partial charge in [-0.2, -0.15) is 0 Å². The number of nitrogens with zero attached hydrogens (tertiary/aromatic N) is 2. The van der Waals surface area contributed by atoms with Gasteiger partial charge in [0, 0.05) is 12.1 Å². The maximum Gasteiger partial charge on any atom is 0.223 e.